The molecular weight excluding hydrogens is 390 g/mol. The Labute approximate surface area is 165 Å². The highest BCUT2D eigenvalue weighted by molar-refractivity contribution is 5.85. The Hall–Kier alpha value is -2.41. The predicted octanol–water partition coefficient (Wildman–Crippen LogP) is -1.96. The number of hydrogen-bond acceptors (Lipinski definition) is 10. The average Bonchev–Trinajstić information content (AvgIpc) is 2.66. The molecule has 1 aromatic rings. The number of para-hydroxylation sites is 1. The third kappa shape index (κ3) is 5.35. The van der Waals surface area contributed by atoms with Gasteiger partial charge in [0.1, 0.15) is 30.1 Å². The van der Waals surface area contributed by atoms with Gasteiger partial charge in [-0.25, -0.2) is 4.79 Å². The Morgan fingerprint density at radius 2 is 2.03 bits per heavy atom. The topological polar surface area (TPSA) is 186 Å². The van der Waals surface area contributed by atoms with Crippen LogP contribution in [-0.4, -0.2) is 91.6 Å². The number of carboxylic acid groups (broad SMARTS) is 1. The standard InChI is InChI=1S/C18H23NO10/c1-9(21)28-13-5-3-2-4-10(13)7-19-14-11(22)6-18(27,17(25)26)29-16(14)15(24)12(23)8-20/h2-5,7,11-12,14-16,20,22-24,27H,6,8H2,1H3,(H,25,26)/t11-,12+,14+,15+,16+,18?/m0/s1. The van der Waals surface area contributed by atoms with Crippen molar-refractivity contribution in [3.63, 3.8) is 0 Å². The molecule has 6 N–H and O–H groups in total. The van der Waals surface area contributed by atoms with Crippen LogP contribution in [0.4, 0.5) is 0 Å². The first-order valence-electron chi connectivity index (χ1n) is 8.68. The number of aliphatic hydroxyl groups is 5. The van der Waals surface area contributed by atoms with Gasteiger partial charge in [-0.05, 0) is 12.1 Å². The number of rotatable bonds is 7. The highest BCUT2D eigenvalue weighted by atomic mass is 16.7. The number of carbonyl (C=O) groups is 2. The summed E-state index contributed by atoms with van der Waals surface area (Å²) in [4.78, 5) is 26.6. The normalized spacial score (nSPS) is 29.4. The van der Waals surface area contributed by atoms with Crippen molar-refractivity contribution in [1.82, 2.24) is 0 Å². The van der Waals surface area contributed by atoms with E-state index >= 15 is 0 Å². The van der Waals surface area contributed by atoms with Gasteiger partial charge >= 0.3 is 11.9 Å². The van der Waals surface area contributed by atoms with Crippen LogP contribution in [0.25, 0.3) is 0 Å². The maximum absolute atomic E-state index is 11.3. The molecule has 1 aliphatic rings. The van der Waals surface area contributed by atoms with Crippen molar-refractivity contribution in [3.05, 3.63) is 29.8 Å². The van der Waals surface area contributed by atoms with Gasteiger partial charge in [-0.3, -0.25) is 9.79 Å². The largest absolute Gasteiger partial charge is 0.477 e. The zero-order chi connectivity index (χ0) is 21.8. The van der Waals surface area contributed by atoms with E-state index in [2.05, 4.69) is 4.99 Å². The second-order valence-electron chi connectivity index (χ2n) is 6.58. The molecule has 11 heteroatoms. The Morgan fingerprint density at radius 3 is 2.62 bits per heavy atom. The van der Waals surface area contributed by atoms with E-state index in [-0.39, 0.29) is 5.75 Å². The van der Waals surface area contributed by atoms with Crippen LogP contribution < -0.4 is 4.74 Å². The molecular formula is C18H23NO10. The van der Waals surface area contributed by atoms with Crippen LogP contribution >= 0.6 is 0 Å². The van der Waals surface area contributed by atoms with Crippen LogP contribution in [0, 0.1) is 0 Å². The molecule has 11 nitrogen and oxygen atoms in total. The Bertz CT molecular complexity index is 769. The summed E-state index contributed by atoms with van der Waals surface area (Å²) in [6, 6.07) is 5.00. The number of aliphatic carboxylic acids is 1. The minimum atomic E-state index is -2.82. The van der Waals surface area contributed by atoms with E-state index < -0.39 is 61.2 Å². The molecule has 0 radical (unpaired) electrons. The summed E-state index contributed by atoms with van der Waals surface area (Å²) in [6.45, 7) is 0.330. The van der Waals surface area contributed by atoms with Gasteiger partial charge in [0.25, 0.3) is 5.79 Å². The summed E-state index contributed by atoms with van der Waals surface area (Å²) in [5.41, 5.74) is 0.338. The third-order valence-electron chi connectivity index (χ3n) is 4.36. The van der Waals surface area contributed by atoms with E-state index in [1.807, 2.05) is 0 Å². The highest BCUT2D eigenvalue weighted by Gasteiger charge is 2.53. The van der Waals surface area contributed by atoms with Gasteiger partial charge in [0, 0.05) is 25.1 Å². The van der Waals surface area contributed by atoms with Crippen LogP contribution in [-0.2, 0) is 14.3 Å². The number of benzene rings is 1. The predicted molar refractivity (Wildman–Crippen MR) is 96.3 cm³/mol. The summed E-state index contributed by atoms with van der Waals surface area (Å²) in [5.74, 6) is -5.01. The minimum Gasteiger partial charge on any atom is -0.477 e. The number of ether oxygens (including phenoxy) is 2. The molecule has 0 saturated carbocycles. The first kappa shape index (κ1) is 22.9. The van der Waals surface area contributed by atoms with E-state index in [1.165, 1.54) is 19.2 Å². The van der Waals surface area contributed by atoms with Crippen molar-refractivity contribution in [2.24, 2.45) is 4.99 Å². The lowest BCUT2D eigenvalue weighted by atomic mass is 9.89. The molecule has 0 amide bonds. The minimum absolute atomic E-state index is 0.171. The summed E-state index contributed by atoms with van der Waals surface area (Å²) in [7, 11) is 0. The number of aliphatic imine (C=N–C) groups is 1. The van der Waals surface area contributed by atoms with Gasteiger partial charge in [-0.2, -0.15) is 0 Å². The zero-order valence-corrected chi connectivity index (χ0v) is 15.5. The van der Waals surface area contributed by atoms with Gasteiger partial charge in [-0.15, -0.1) is 0 Å². The van der Waals surface area contributed by atoms with Crippen LogP contribution in [0.2, 0.25) is 0 Å². The summed E-state index contributed by atoms with van der Waals surface area (Å²) < 4.78 is 10.1. The molecule has 0 aliphatic carbocycles. The Kier molecular flexibility index (Phi) is 7.41. The Balaban J connectivity index is 2.37. The monoisotopic (exact) mass is 413 g/mol. The number of carboxylic acids is 1. The fraction of sp³-hybridized carbons (Fsp3) is 0.500. The van der Waals surface area contributed by atoms with Crippen LogP contribution in [0.1, 0.15) is 18.9 Å². The van der Waals surface area contributed by atoms with E-state index in [4.69, 9.17) is 19.7 Å². The molecule has 160 valence electrons. The van der Waals surface area contributed by atoms with Gasteiger partial charge in [0.15, 0.2) is 0 Å². The number of carbonyl (C=O) groups excluding carboxylic acids is 1. The Morgan fingerprint density at radius 1 is 1.38 bits per heavy atom. The first-order chi connectivity index (χ1) is 13.6. The molecule has 29 heavy (non-hydrogen) atoms. The van der Waals surface area contributed by atoms with Gasteiger partial charge in [-0.1, -0.05) is 12.1 Å². The lowest BCUT2D eigenvalue weighted by Crippen LogP contribution is -2.62. The summed E-state index contributed by atoms with van der Waals surface area (Å²) >= 11 is 0. The van der Waals surface area contributed by atoms with Gasteiger partial charge < -0.3 is 40.1 Å². The second kappa shape index (κ2) is 9.39. The van der Waals surface area contributed by atoms with E-state index in [1.54, 1.807) is 18.2 Å². The van der Waals surface area contributed by atoms with Crippen LogP contribution in [0.5, 0.6) is 5.75 Å². The molecule has 1 aliphatic heterocycles. The van der Waals surface area contributed by atoms with E-state index in [0.29, 0.717) is 5.56 Å². The highest BCUT2D eigenvalue weighted by Crippen LogP contribution is 2.32. The molecule has 0 spiro atoms. The summed E-state index contributed by atoms with van der Waals surface area (Å²) in [6.07, 6.45) is -6.40. The number of esters is 1. The maximum Gasteiger partial charge on any atom is 0.364 e. The van der Waals surface area contributed by atoms with Crippen molar-refractivity contribution in [2.75, 3.05) is 6.61 Å². The molecule has 1 saturated heterocycles. The van der Waals surface area contributed by atoms with Crippen molar-refractivity contribution in [2.45, 2.75) is 49.6 Å². The van der Waals surface area contributed by atoms with Crippen LogP contribution in [0.15, 0.2) is 29.3 Å². The molecule has 0 aromatic heterocycles. The van der Waals surface area contributed by atoms with Crippen molar-refractivity contribution >= 4 is 18.2 Å². The fourth-order valence-corrected chi connectivity index (χ4v) is 2.89. The molecule has 1 aromatic carbocycles. The maximum atomic E-state index is 11.3. The van der Waals surface area contributed by atoms with Gasteiger partial charge in [0.2, 0.25) is 0 Å². The zero-order valence-electron chi connectivity index (χ0n) is 15.5. The molecule has 0 bridgehead atoms. The van der Waals surface area contributed by atoms with Crippen molar-refractivity contribution in [1.29, 1.82) is 0 Å². The van der Waals surface area contributed by atoms with Gasteiger partial charge in [0.05, 0.1) is 12.7 Å². The number of aliphatic hydroxyl groups excluding tert-OH is 4. The summed E-state index contributed by atoms with van der Waals surface area (Å²) in [5, 5.41) is 58.6. The quantitative estimate of drug-likeness (QED) is 0.166. The average molecular weight is 413 g/mol. The van der Waals surface area contributed by atoms with E-state index in [0.717, 1.165) is 0 Å². The lowest BCUT2D eigenvalue weighted by Gasteiger charge is -2.43. The smallest absolute Gasteiger partial charge is 0.364 e. The number of hydrogen-bond donors (Lipinski definition) is 6. The molecule has 1 heterocycles. The third-order valence-corrected chi connectivity index (χ3v) is 4.36. The second-order valence-corrected chi connectivity index (χ2v) is 6.58. The SMILES string of the molecule is CC(=O)Oc1ccccc1C=N[C@H]1[C@H]([C@H](O)[C@H](O)CO)OC(O)(C(=O)O)C[C@@H]1O. The van der Waals surface area contributed by atoms with Crippen molar-refractivity contribution < 1.29 is 49.7 Å². The van der Waals surface area contributed by atoms with Crippen LogP contribution in [0.3, 0.4) is 0 Å². The number of nitrogens with zero attached hydrogens (tertiary/aromatic N) is 1. The van der Waals surface area contributed by atoms with Crippen molar-refractivity contribution in [3.8, 4) is 5.75 Å². The lowest BCUT2D eigenvalue weighted by molar-refractivity contribution is -0.292. The molecule has 6 atom stereocenters. The fourth-order valence-electron chi connectivity index (χ4n) is 2.89. The van der Waals surface area contributed by atoms with E-state index in [9.17, 15) is 30.0 Å². The first-order valence-corrected chi connectivity index (χ1v) is 8.68. The molecule has 1 unspecified atom stereocenters. The molecule has 2 rings (SSSR count). The molecule has 1 fully saturated rings.